The maximum absolute atomic E-state index is 14.3. The lowest BCUT2D eigenvalue weighted by atomic mass is 9.38. The van der Waals surface area contributed by atoms with E-state index in [0.29, 0.717) is 0 Å². The number of fused-ring (bicyclic) bond motifs is 7. The molecule has 0 aromatic carbocycles. The van der Waals surface area contributed by atoms with E-state index in [9.17, 15) is 19.6 Å². The maximum atomic E-state index is 14.3. The summed E-state index contributed by atoms with van der Waals surface area (Å²) in [5.74, 6) is -0.560. The minimum absolute atomic E-state index is 0.0527. The summed E-state index contributed by atoms with van der Waals surface area (Å²) in [6, 6.07) is 2.16. The van der Waals surface area contributed by atoms with Gasteiger partial charge in [-0.15, -0.1) is 0 Å². The number of carbonyl (C=O) groups is 3. The first-order valence-corrected chi connectivity index (χ1v) is 14.8. The van der Waals surface area contributed by atoms with Gasteiger partial charge < -0.3 is 14.2 Å². The number of carbonyl (C=O) groups excluding carboxylic acids is 3. The van der Waals surface area contributed by atoms with Crippen LogP contribution in [0.15, 0.2) is 23.3 Å². The average molecular weight is 552 g/mol. The highest BCUT2D eigenvalue weighted by atomic mass is 16.7. The zero-order chi connectivity index (χ0) is 29.3. The van der Waals surface area contributed by atoms with Crippen LogP contribution in [0.25, 0.3) is 0 Å². The number of nitrogens with zero attached hydrogens (tertiary/aromatic N) is 1. The number of ether oxygens (including phenoxy) is 3. The molecule has 5 rings (SSSR count). The van der Waals surface area contributed by atoms with Crippen molar-refractivity contribution >= 4 is 17.5 Å². The van der Waals surface area contributed by atoms with Gasteiger partial charge in [0.25, 0.3) is 0 Å². The third-order valence-electron chi connectivity index (χ3n) is 12.1. The Labute approximate surface area is 238 Å². The first-order chi connectivity index (χ1) is 18.7. The van der Waals surface area contributed by atoms with Crippen LogP contribution >= 0.6 is 0 Å². The summed E-state index contributed by atoms with van der Waals surface area (Å²) in [7, 11) is 3.02. The Morgan fingerprint density at radius 3 is 2.40 bits per heavy atom. The van der Waals surface area contributed by atoms with Crippen LogP contribution in [0.3, 0.4) is 0 Å². The molecule has 0 aliphatic heterocycles. The molecular formula is C33H45NO6. The van der Waals surface area contributed by atoms with Gasteiger partial charge in [-0.25, -0.2) is 0 Å². The predicted octanol–water partition coefficient (Wildman–Crippen LogP) is 5.59. The van der Waals surface area contributed by atoms with E-state index in [1.807, 2.05) is 19.1 Å². The van der Waals surface area contributed by atoms with E-state index in [1.165, 1.54) is 7.11 Å². The van der Waals surface area contributed by atoms with E-state index in [2.05, 4.69) is 33.8 Å². The Bertz CT molecular complexity index is 1230. The second kappa shape index (κ2) is 9.63. The first kappa shape index (κ1) is 29.2. The Kier molecular flexibility index (Phi) is 7.03. The SMILES string of the molecule is COCOC[C@]1(C)C(=O)C(C#N)=C[C@]2(C)C3=CC(=O)C4C5CC(C)(C)CC[C@]5(C(=O)OC)CCC4[C@]3(C)CCC21. The normalized spacial score (nSPS) is 43.6. The minimum atomic E-state index is -0.908. The van der Waals surface area contributed by atoms with Gasteiger partial charge in [0.1, 0.15) is 12.9 Å². The Hall–Kier alpha value is -2.30. The zero-order valence-corrected chi connectivity index (χ0v) is 25.2. The fraction of sp³-hybridized carbons (Fsp3) is 0.758. The largest absolute Gasteiger partial charge is 0.469 e. The number of methoxy groups -OCH3 is 2. The molecule has 7 heteroatoms. The van der Waals surface area contributed by atoms with Gasteiger partial charge >= 0.3 is 5.97 Å². The standard InChI is InChI=1S/C33H45NO6/c1-29(2)12-13-33(28(37)39-7)11-8-21-26(22(33)16-29)23(35)14-25-30(21,3)10-9-24-31(25,4)15-20(17-34)27(36)32(24,5)18-40-19-38-6/h14-15,21-22,24,26H,8-13,16,18-19H2,1-7H3/t21?,22?,24?,26?,30-,31-,32-,33+/m0/s1. The van der Waals surface area contributed by atoms with E-state index in [-0.39, 0.29) is 71.0 Å². The number of Topliss-reactive ketones (excluding diaryl/α,β-unsaturated/α-hetero) is 1. The molecule has 40 heavy (non-hydrogen) atoms. The number of esters is 1. The average Bonchev–Trinajstić information content (AvgIpc) is 2.91. The van der Waals surface area contributed by atoms with Crippen molar-refractivity contribution in [3.05, 3.63) is 23.3 Å². The monoisotopic (exact) mass is 551 g/mol. The highest BCUT2D eigenvalue weighted by molar-refractivity contribution is 6.05. The molecule has 5 aliphatic rings. The Balaban J connectivity index is 1.62. The quantitative estimate of drug-likeness (QED) is 0.249. The van der Waals surface area contributed by atoms with Crippen LogP contribution in [0.4, 0.5) is 0 Å². The fourth-order valence-electron chi connectivity index (χ4n) is 10.2. The van der Waals surface area contributed by atoms with E-state index < -0.39 is 16.2 Å². The van der Waals surface area contributed by atoms with Gasteiger partial charge in [0.2, 0.25) is 0 Å². The van der Waals surface area contributed by atoms with Gasteiger partial charge in [-0.1, -0.05) is 39.3 Å². The van der Waals surface area contributed by atoms with Crippen LogP contribution in [0.2, 0.25) is 0 Å². The number of ketones is 2. The molecule has 3 saturated carbocycles. The van der Waals surface area contributed by atoms with Crippen molar-refractivity contribution in [3.63, 3.8) is 0 Å². The van der Waals surface area contributed by atoms with Crippen LogP contribution in [-0.2, 0) is 28.6 Å². The molecule has 0 spiro atoms. The molecule has 4 unspecified atom stereocenters. The zero-order valence-electron chi connectivity index (χ0n) is 25.2. The lowest BCUT2D eigenvalue weighted by molar-refractivity contribution is -0.178. The molecule has 0 aromatic heterocycles. The van der Waals surface area contributed by atoms with Crippen molar-refractivity contribution in [2.24, 2.45) is 50.7 Å². The molecule has 5 aliphatic carbocycles. The van der Waals surface area contributed by atoms with Gasteiger partial charge in [0.15, 0.2) is 11.6 Å². The molecule has 0 aromatic rings. The van der Waals surface area contributed by atoms with Gasteiger partial charge in [0, 0.05) is 18.4 Å². The third kappa shape index (κ3) is 3.92. The first-order valence-electron chi connectivity index (χ1n) is 14.8. The summed E-state index contributed by atoms with van der Waals surface area (Å²) in [6.45, 7) is 11.0. The highest BCUT2D eigenvalue weighted by Gasteiger charge is 2.67. The highest BCUT2D eigenvalue weighted by Crippen LogP contribution is 2.70. The molecule has 0 radical (unpaired) electrons. The van der Waals surface area contributed by atoms with Gasteiger partial charge in [-0.2, -0.15) is 5.26 Å². The Morgan fingerprint density at radius 1 is 1.02 bits per heavy atom. The number of hydrogen-bond acceptors (Lipinski definition) is 7. The van der Waals surface area contributed by atoms with Crippen LogP contribution in [-0.4, -0.2) is 45.2 Å². The lowest BCUT2D eigenvalue weighted by Gasteiger charge is -2.64. The summed E-state index contributed by atoms with van der Waals surface area (Å²) in [5, 5.41) is 10.0. The fourth-order valence-corrected chi connectivity index (χ4v) is 10.2. The van der Waals surface area contributed by atoms with Crippen LogP contribution < -0.4 is 0 Å². The molecule has 8 atom stereocenters. The molecule has 0 bridgehead atoms. The summed E-state index contributed by atoms with van der Waals surface area (Å²) in [5.41, 5.74) is -1.19. The van der Waals surface area contributed by atoms with Crippen molar-refractivity contribution in [3.8, 4) is 6.07 Å². The third-order valence-corrected chi connectivity index (χ3v) is 12.1. The minimum Gasteiger partial charge on any atom is -0.469 e. The topological polar surface area (TPSA) is 103 Å². The lowest BCUT2D eigenvalue weighted by Crippen LogP contribution is -2.62. The van der Waals surface area contributed by atoms with Crippen LogP contribution in [0.1, 0.15) is 79.6 Å². The number of nitriles is 1. The van der Waals surface area contributed by atoms with Crippen molar-refractivity contribution in [1.29, 1.82) is 5.26 Å². The maximum Gasteiger partial charge on any atom is 0.312 e. The second-order valence-corrected chi connectivity index (χ2v) is 14.7. The molecule has 0 saturated heterocycles. The molecule has 0 heterocycles. The molecule has 7 nitrogen and oxygen atoms in total. The molecule has 0 amide bonds. The summed E-state index contributed by atoms with van der Waals surface area (Å²) in [6.07, 6.45) is 9.40. The summed E-state index contributed by atoms with van der Waals surface area (Å²) < 4.78 is 16.2. The van der Waals surface area contributed by atoms with Crippen LogP contribution in [0, 0.1) is 62.1 Å². The van der Waals surface area contributed by atoms with E-state index >= 15 is 0 Å². The van der Waals surface area contributed by atoms with Crippen molar-refractivity contribution in [2.45, 2.75) is 79.6 Å². The number of allylic oxidation sites excluding steroid dienone is 4. The van der Waals surface area contributed by atoms with Crippen LogP contribution in [0.5, 0.6) is 0 Å². The van der Waals surface area contributed by atoms with Gasteiger partial charge in [0.05, 0.1) is 30.1 Å². The molecule has 3 fully saturated rings. The van der Waals surface area contributed by atoms with Crippen molar-refractivity contribution in [2.75, 3.05) is 27.6 Å². The molecular weight excluding hydrogens is 506 g/mol. The van der Waals surface area contributed by atoms with Crippen molar-refractivity contribution < 1.29 is 28.6 Å². The van der Waals surface area contributed by atoms with E-state index in [4.69, 9.17) is 14.2 Å². The smallest absolute Gasteiger partial charge is 0.312 e. The van der Waals surface area contributed by atoms with Crippen molar-refractivity contribution in [1.82, 2.24) is 0 Å². The number of hydrogen-bond donors (Lipinski definition) is 0. The Morgan fingerprint density at radius 2 is 1.75 bits per heavy atom. The van der Waals surface area contributed by atoms with E-state index in [0.717, 1.165) is 50.5 Å². The van der Waals surface area contributed by atoms with Gasteiger partial charge in [-0.05, 0) is 86.5 Å². The summed E-state index contributed by atoms with van der Waals surface area (Å²) in [4.78, 5) is 41.3. The molecule has 218 valence electrons. The van der Waals surface area contributed by atoms with Gasteiger partial charge in [-0.3, -0.25) is 14.4 Å². The van der Waals surface area contributed by atoms with E-state index in [1.54, 1.807) is 7.11 Å². The summed E-state index contributed by atoms with van der Waals surface area (Å²) >= 11 is 0. The second-order valence-electron chi connectivity index (χ2n) is 14.7. The molecule has 0 N–H and O–H groups in total. The predicted molar refractivity (Wildman–Crippen MR) is 148 cm³/mol. The number of rotatable bonds is 5.